The number of nitrogens with one attached hydrogen (secondary N) is 1. The predicted octanol–water partition coefficient (Wildman–Crippen LogP) is 4.84. The van der Waals surface area contributed by atoms with Crippen LogP contribution in [0.3, 0.4) is 0 Å². The van der Waals surface area contributed by atoms with Gasteiger partial charge in [-0.1, -0.05) is 12.1 Å². The number of nitro groups is 2. The third-order valence-electron chi connectivity index (χ3n) is 5.15. The average Bonchev–Trinajstić information content (AvgIpc) is 2.86. The van der Waals surface area contributed by atoms with Gasteiger partial charge in [0.05, 0.1) is 28.7 Å². The van der Waals surface area contributed by atoms with Crippen molar-refractivity contribution in [3.05, 3.63) is 91.5 Å². The van der Waals surface area contributed by atoms with Crippen LogP contribution in [0.5, 0.6) is 23.0 Å². The molecule has 0 aliphatic heterocycles. The van der Waals surface area contributed by atoms with Crippen molar-refractivity contribution < 1.29 is 28.9 Å². The van der Waals surface area contributed by atoms with Crippen LogP contribution in [0.15, 0.2) is 59.7 Å². The Kier molecular flexibility index (Phi) is 8.71. The fraction of sp³-hybridized carbons (Fsp3) is 0.200. The Labute approximate surface area is 211 Å². The lowest BCUT2D eigenvalue weighted by Gasteiger charge is -2.12. The van der Waals surface area contributed by atoms with E-state index in [1.54, 1.807) is 25.1 Å². The topological polar surface area (TPSA) is 155 Å². The standard InChI is InChI=1S/C25H24N4O8/c1-4-35-24-12-18(14-26-27-25(30)15-36-21-7-5-6-16(2)17(21)3)8-10-23(24)37-22-11-9-19(28(31)32)13-20(22)29(33)34/h5-14H,4,15H2,1-3H3,(H,27,30). The molecule has 12 nitrogen and oxygen atoms in total. The first-order valence-corrected chi connectivity index (χ1v) is 11.1. The second kappa shape index (κ2) is 12.1. The molecule has 0 aliphatic rings. The molecule has 0 fully saturated rings. The molecule has 3 rings (SSSR count). The van der Waals surface area contributed by atoms with E-state index < -0.39 is 27.1 Å². The maximum Gasteiger partial charge on any atom is 0.318 e. The predicted molar refractivity (Wildman–Crippen MR) is 135 cm³/mol. The Balaban J connectivity index is 1.69. The SMILES string of the molecule is CCOc1cc(C=NNC(=O)COc2cccc(C)c2C)ccc1Oc1ccc([N+](=O)[O-])cc1[N+](=O)[O-]. The monoisotopic (exact) mass is 508 g/mol. The van der Waals surface area contributed by atoms with Crippen LogP contribution < -0.4 is 19.6 Å². The molecule has 3 aromatic carbocycles. The largest absolute Gasteiger partial charge is 0.490 e. The molecule has 0 saturated heterocycles. The van der Waals surface area contributed by atoms with Gasteiger partial charge in [-0.2, -0.15) is 5.10 Å². The maximum atomic E-state index is 12.1. The lowest BCUT2D eigenvalue weighted by atomic mass is 10.1. The zero-order valence-corrected chi connectivity index (χ0v) is 20.3. The van der Waals surface area contributed by atoms with Crippen molar-refractivity contribution in [2.75, 3.05) is 13.2 Å². The first kappa shape index (κ1) is 26.6. The van der Waals surface area contributed by atoms with Crippen molar-refractivity contribution in [2.24, 2.45) is 5.10 Å². The Morgan fingerprint density at radius 2 is 1.70 bits per heavy atom. The van der Waals surface area contributed by atoms with Crippen LogP contribution in [0.2, 0.25) is 0 Å². The van der Waals surface area contributed by atoms with Gasteiger partial charge in [-0.15, -0.1) is 0 Å². The molecule has 0 atom stereocenters. The van der Waals surface area contributed by atoms with Gasteiger partial charge in [0.2, 0.25) is 5.75 Å². The maximum absolute atomic E-state index is 12.1. The highest BCUT2D eigenvalue weighted by molar-refractivity contribution is 5.83. The zero-order chi connectivity index (χ0) is 26.9. The number of rotatable bonds is 11. The summed E-state index contributed by atoms with van der Waals surface area (Å²) in [5.74, 6) is 0.386. The summed E-state index contributed by atoms with van der Waals surface area (Å²) in [7, 11) is 0. The fourth-order valence-electron chi connectivity index (χ4n) is 3.16. The highest BCUT2D eigenvalue weighted by Gasteiger charge is 2.22. The highest BCUT2D eigenvalue weighted by Crippen LogP contribution is 2.38. The molecular formula is C25H24N4O8. The van der Waals surface area contributed by atoms with Crippen LogP contribution in [0.25, 0.3) is 0 Å². The second-order valence-electron chi connectivity index (χ2n) is 7.69. The Morgan fingerprint density at radius 1 is 0.946 bits per heavy atom. The first-order chi connectivity index (χ1) is 17.7. The second-order valence-corrected chi connectivity index (χ2v) is 7.69. The van der Waals surface area contributed by atoms with Gasteiger partial charge < -0.3 is 14.2 Å². The number of benzene rings is 3. The summed E-state index contributed by atoms with van der Waals surface area (Å²) in [6.07, 6.45) is 1.39. The van der Waals surface area contributed by atoms with Crippen LogP contribution in [0, 0.1) is 34.1 Å². The van der Waals surface area contributed by atoms with Gasteiger partial charge in [0.25, 0.3) is 11.6 Å². The molecule has 0 radical (unpaired) electrons. The third kappa shape index (κ3) is 7.01. The molecule has 0 unspecified atom stereocenters. The summed E-state index contributed by atoms with van der Waals surface area (Å²) in [4.78, 5) is 32.9. The van der Waals surface area contributed by atoms with Crippen molar-refractivity contribution in [2.45, 2.75) is 20.8 Å². The minimum Gasteiger partial charge on any atom is -0.490 e. The van der Waals surface area contributed by atoms with E-state index in [4.69, 9.17) is 14.2 Å². The van der Waals surface area contributed by atoms with E-state index in [1.807, 2.05) is 26.0 Å². The molecule has 1 amide bonds. The van der Waals surface area contributed by atoms with Crippen LogP contribution in [0.4, 0.5) is 11.4 Å². The van der Waals surface area contributed by atoms with Crippen molar-refractivity contribution in [1.82, 2.24) is 5.43 Å². The number of carbonyl (C=O) groups excluding carboxylic acids is 1. The number of hydrogen-bond acceptors (Lipinski definition) is 9. The lowest BCUT2D eigenvalue weighted by molar-refractivity contribution is -0.394. The number of nitrogens with zero attached hydrogens (tertiary/aromatic N) is 3. The Morgan fingerprint density at radius 3 is 2.41 bits per heavy atom. The number of ether oxygens (including phenoxy) is 3. The molecule has 3 aromatic rings. The van der Waals surface area contributed by atoms with Crippen LogP contribution in [-0.2, 0) is 4.79 Å². The molecular weight excluding hydrogens is 484 g/mol. The van der Waals surface area contributed by atoms with E-state index in [0.717, 1.165) is 29.3 Å². The molecule has 0 aromatic heterocycles. The number of hydrazone groups is 1. The minimum atomic E-state index is -0.767. The molecule has 12 heteroatoms. The smallest absolute Gasteiger partial charge is 0.318 e. The molecule has 37 heavy (non-hydrogen) atoms. The van der Waals surface area contributed by atoms with Gasteiger partial charge in [0, 0.05) is 6.07 Å². The Hall–Kier alpha value is -5.00. The van der Waals surface area contributed by atoms with E-state index in [1.165, 1.54) is 12.3 Å². The summed E-state index contributed by atoms with van der Waals surface area (Å²) in [5, 5.41) is 26.3. The average molecular weight is 508 g/mol. The Bertz CT molecular complexity index is 1360. The van der Waals surface area contributed by atoms with Gasteiger partial charge in [0.15, 0.2) is 18.1 Å². The molecule has 0 bridgehead atoms. The quantitative estimate of drug-likeness (QED) is 0.219. The fourth-order valence-corrected chi connectivity index (χ4v) is 3.16. The van der Waals surface area contributed by atoms with Crippen molar-refractivity contribution in [1.29, 1.82) is 0 Å². The molecule has 192 valence electrons. The molecule has 0 spiro atoms. The van der Waals surface area contributed by atoms with Gasteiger partial charge >= 0.3 is 5.69 Å². The summed E-state index contributed by atoms with van der Waals surface area (Å²) in [6.45, 7) is 5.66. The van der Waals surface area contributed by atoms with E-state index in [9.17, 15) is 25.0 Å². The van der Waals surface area contributed by atoms with Crippen molar-refractivity contribution in [3.63, 3.8) is 0 Å². The van der Waals surface area contributed by atoms with Crippen molar-refractivity contribution >= 4 is 23.5 Å². The highest BCUT2D eigenvalue weighted by atomic mass is 16.6. The van der Waals surface area contributed by atoms with E-state index in [0.29, 0.717) is 11.3 Å². The third-order valence-corrected chi connectivity index (χ3v) is 5.15. The number of hydrogen-bond donors (Lipinski definition) is 1. The number of aryl methyl sites for hydroxylation is 1. The van der Waals surface area contributed by atoms with Crippen LogP contribution >= 0.6 is 0 Å². The van der Waals surface area contributed by atoms with E-state index in [-0.39, 0.29) is 30.5 Å². The number of non-ortho nitro benzene ring substituents is 1. The number of amides is 1. The van der Waals surface area contributed by atoms with Gasteiger partial charge in [-0.25, -0.2) is 5.43 Å². The zero-order valence-electron chi connectivity index (χ0n) is 20.3. The van der Waals surface area contributed by atoms with Crippen LogP contribution in [-0.4, -0.2) is 35.2 Å². The van der Waals surface area contributed by atoms with Gasteiger partial charge in [-0.3, -0.25) is 25.0 Å². The first-order valence-electron chi connectivity index (χ1n) is 11.1. The lowest BCUT2D eigenvalue weighted by Crippen LogP contribution is -2.24. The molecule has 0 heterocycles. The van der Waals surface area contributed by atoms with E-state index in [2.05, 4.69) is 10.5 Å². The van der Waals surface area contributed by atoms with Crippen molar-refractivity contribution in [3.8, 4) is 23.0 Å². The molecule has 0 saturated carbocycles. The summed E-state index contributed by atoms with van der Waals surface area (Å²) < 4.78 is 16.8. The summed E-state index contributed by atoms with van der Waals surface area (Å²) in [5.41, 5.74) is 3.93. The number of nitro benzene ring substituents is 2. The van der Waals surface area contributed by atoms with Crippen LogP contribution in [0.1, 0.15) is 23.6 Å². The number of carbonyl (C=O) groups is 1. The molecule has 1 N–H and O–H groups in total. The molecule has 0 aliphatic carbocycles. The van der Waals surface area contributed by atoms with Gasteiger partial charge in [-0.05, 0) is 67.8 Å². The normalized spacial score (nSPS) is 10.7. The van der Waals surface area contributed by atoms with Gasteiger partial charge in [0.1, 0.15) is 5.75 Å². The summed E-state index contributed by atoms with van der Waals surface area (Å²) >= 11 is 0. The van der Waals surface area contributed by atoms with E-state index >= 15 is 0 Å². The summed E-state index contributed by atoms with van der Waals surface area (Å²) in [6, 6.07) is 13.3. The minimum absolute atomic E-state index is 0.155.